The number of carbonyl (C=O) groups is 2. The maximum absolute atomic E-state index is 14.2. The van der Waals surface area contributed by atoms with Crippen LogP contribution in [0.15, 0.2) is 101 Å². The zero-order valence-electron chi connectivity index (χ0n) is 25.2. The van der Waals surface area contributed by atoms with Gasteiger partial charge in [-0.25, -0.2) is 9.40 Å². The first-order valence-corrected chi connectivity index (χ1v) is 16.6. The molecule has 0 spiro atoms. The van der Waals surface area contributed by atoms with E-state index in [9.17, 15) is 14.0 Å². The summed E-state index contributed by atoms with van der Waals surface area (Å²) in [5.74, 6) is -0.176. The van der Waals surface area contributed by atoms with Crippen molar-refractivity contribution in [1.29, 1.82) is 0 Å². The van der Waals surface area contributed by atoms with Crippen LogP contribution in [0, 0.1) is 12.7 Å². The molecule has 12 heteroatoms. The monoisotopic (exact) mass is 654 g/mol. The maximum Gasteiger partial charge on any atom is 0.254 e. The lowest BCUT2D eigenvalue weighted by atomic mass is 10.00. The first-order valence-electron chi connectivity index (χ1n) is 14.7. The third-order valence-electron chi connectivity index (χ3n) is 7.39. The molecule has 0 aliphatic carbocycles. The normalized spacial score (nSPS) is 14.3. The van der Waals surface area contributed by atoms with Crippen molar-refractivity contribution in [2.45, 2.75) is 38.0 Å². The standard InChI is InChI=1S/C34H31FN6O3S2/c1-3-44-25-16-14-24(15-17-25)40-31(20-36-33(43)26-7-4-5-8-27(26)35)37-38-34(40)46-21-32(42)41-29(23-12-10-22(2)11-13-23)19-28(39-41)30-9-6-18-45-30/h4-18,29H,3,19-21H2,1-2H3,(H,36,43)/t29-/m0/s1. The molecule has 9 nitrogen and oxygen atoms in total. The number of hydrogen-bond donors (Lipinski definition) is 1. The molecule has 1 N–H and O–H groups in total. The number of amides is 2. The maximum atomic E-state index is 14.2. The third kappa shape index (κ3) is 6.87. The average molecular weight is 655 g/mol. The van der Waals surface area contributed by atoms with Crippen LogP contribution in [0.2, 0.25) is 0 Å². The fourth-order valence-corrected chi connectivity index (χ4v) is 6.64. The van der Waals surface area contributed by atoms with E-state index in [0.717, 1.165) is 27.4 Å². The zero-order chi connectivity index (χ0) is 32.0. The van der Waals surface area contributed by atoms with Gasteiger partial charge in [0.15, 0.2) is 11.0 Å². The van der Waals surface area contributed by atoms with Gasteiger partial charge in [-0.2, -0.15) is 5.10 Å². The van der Waals surface area contributed by atoms with E-state index >= 15 is 0 Å². The van der Waals surface area contributed by atoms with Crippen molar-refractivity contribution in [3.8, 4) is 11.4 Å². The number of hydrogen-bond acceptors (Lipinski definition) is 8. The molecule has 3 heterocycles. The number of carbonyl (C=O) groups excluding carboxylic acids is 2. The first-order chi connectivity index (χ1) is 22.4. The van der Waals surface area contributed by atoms with E-state index in [1.165, 1.54) is 30.0 Å². The minimum Gasteiger partial charge on any atom is -0.494 e. The number of aryl methyl sites for hydroxylation is 1. The second kappa shape index (κ2) is 14.1. The van der Waals surface area contributed by atoms with Crippen LogP contribution in [-0.4, -0.2) is 49.7 Å². The summed E-state index contributed by atoms with van der Waals surface area (Å²) in [5, 5.41) is 20.3. The van der Waals surface area contributed by atoms with Gasteiger partial charge in [-0.15, -0.1) is 21.5 Å². The minimum absolute atomic E-state index is 0.0159. The number of thioether (sulfide) groups is 1. The predicted octanol–water partition coefficient (Wildman–Crippen LogP) is 6.58. The number of thiophene rings is 1. The highest BCUT2D eigenvalue weighted by Crippen LogP contribution is 2.35. The van der Waals surface area contributed by atoms with Gasteiger partial charge in [-0.1, -0.05) is 59.8 Å². The second-order valence-corrected chi connectivity index (χ2v) is 12.4. The highest BCUT2D eigenvalue weighted by Gasteiger charge is 2.33. The lowest BCUT2D eigenvalue weighted by Gasteiger charge is -2.22. The van der Waals surface area contributed by atoms with Crippen LogP contribution >= 0.6 is 23.1 Å². The molecule has 6 rings (SSSR count). The van der Waals surface area contributed by atoms with E-state index in [2.05, 4.69) is 15.5 Å². The van der Waals surface area contributed by atoms with Gasteiger partial charge in [-0.3, -0.25) is 14.2 Å². The van der Waals surface area contributed by atoms with E-state index in [0.29, 0.717) is 29.8 Å². The molecule has 1 atom stereocenters. The molecule has 1 aliphatic heterocycles. The van der Waals surface area contributed by atoms with Crippen molar-refractivity contribution in [3.63, 3.8) is 0 Å². The summed E-state index contributed by atoms with van der Waals surface area (Å²) < 4.78 is 21.6. The molecule has 46 heavy (non-hydrogen) atoms. The van der Waals surface area contributed by atoms with Crippen molar-refractivity contribution < 1.29 is 18.7 Å². The molecule has 2 aromatic heterocycles. The Bertz CT molecular complexity index is 1860. The summed E-state index contributed by atoms with van der Waals surface area (Å²) in [6, 6.07) is 25.1. The summed E-state index contributed by atoms with van der Waals surface area (Å²) in [7, 11) is 0. The Labute approximate surface area is 274 Å². The number of hydrazone groups is 1. The molecule has 0 bridgehead atoms. The molecular weight excluding hydrogens is 624 g/mol. The smallest absolute Gasteiger partial charge is 0.254 e. The Balaban J connectivity index is 1.24. The third-order valence-corrected chi connectivity index (χ3v) is 9.22. The number of rotatable bonds is 11. The molecule has 0 saturated carbocycles. The summed E-state index contributed by atoms with van der Waals surface area (Å²) in [5.41, 5.74) is 3.69. The average Bonchev–Trinajstić information content (AvgIpc) is 3.84. The van der Waals surface area contributed by atoms with E-state index in [-0.39, 0.29) is 29.8 Å². The van der Waals surface area contributed by atoms with Gasteiger partial charge in [0.25, 0.3) is 11.8 Å². The molecule has 1 aliphatic rings. The lowest BCUT2D eigenvalue weighted by molar-refractivity contribution is -0.130. The Hall–Kier alpha value is -4.81. The van der Waals surface area contributed by atoms with Crippen LogP contribution in [0.3, 0.4) is 0 Å². The van der Waals surface area contributed by atoms with E-state index in [1.54, 1.807) is 27.0 Å². The van der Waals surface area contributed by atoms with Gasteiger partial charge in [0.05, 0.1) is 41.1 Å². The van der Waals surface area contributed by atoms with Crippen molar-refractivity contribution in [2.75, 3.05) is 12.4 Å². The summed E-state index contributed by atoms with van der Waals surface area (Å²) in [6.45, 7) is 4.45. The molecule has 2 amide bonds. The van der Waals surface area contributed by atoms with Crippen LogP contribution in [0.1, 0.15) is 51.6 Å². The van der Waals surface area contributed by atoms with E-state index < -0.39 is 11.7 Å². The van der Waals surface area contributed by atoms with Gasteiger partial charge in [0.2, 0.25) is 0 Å². The van der Waals surface area contributed by atoms with Crippen molar-refractivity contribution >= 4 is 40.6 Å². The van der Waals surface area contributed by atoms with Crippen molar-refractivity contribution in [1.82, 2.24) is 25.1 Å². The fraction of sp³-hybridized carbons (Fsp3) is 0.206. The number of ether oxygens (including phenoxy) is 1. The van der Waals surface area contributed by atoms with Gasteiger partial charge < -0.3 is 10.1 Å². The lowest BCUT2D eigenvalue weighted by Crippen LogP contribution is -2.28. The molecule has 234 valence electrons. The summed E-state index contributed by atoms with van der Waals surface area (Å²) in [6.07, 6.45) is 0.619. The van der Waals surface area contributed by atoms with E-state index in [4.69, 9.17) is 9.84 Å². The van der Waals surface area contributed by atoms with Crippen molar-refractivity contribution in [3.05, 3.63) is 124 Å². The molecular formula is C34H31FN6O3S2. The number of nitrogens with one attached hydrogen (secondary N) is 1. The number of nitrogens with zero attached hydrogens (tertiary/aromatic N) is 5. The predicted molar refractivity (Wildman–Crippen MR) is 177 cm³/mol. The van der Waals surface area contributed by atoms with Crippen LogP contribution in [0.5, 0.6) is 5.75 Å². The molecule has 5 aromatic rings. The topological polar surface area (TPSA) is 102 Å². The first kappa shape index (κ1) is 31.2. The Kier molecular flexibility index (Phi) is 9.55. The molecule has 3 aromatic carbocycles. The van der Waals surface area contributed by atoms with Crippen LogP contribution in [-0.2, 0) is 11.3 Å². The highest BCUT2D eigenvalue weighted by molar-refractivity contribution is 7.99. The van der Waals surface area contributed by atoms with Gasteiger partial charge >= 0.3 is 0 Å². The van der Waals surface area contributed by atoms with Crippen LogP contribution < -0.4 is 10.1 Å². The quantitative estimate of drug-likeness (QED) is 0.162. The van der Waals surface area contributed by atoms with E-state index in [1.807, 2.05) is 79.9 Å². The fourth-order valence-electron chi connectivity index (χ4n) is 5.10. The van der Waals surface area contributed by atoms with Crippen LogP contribution in [0.4, 0.5) is 4.39 Å². The largest absolute Gasteiger partial charge is 0.494 e. The Morgan fingerprint density at radius 3 is 2.52 bits per heavy atom. The SMILES string of the molecule is CCOc1ccc(-n2c(CNC(=O)c3ccccc3F)nnc2SCC(=O)N2N=C(c3cccs3)C[C@H]2c2ccc(C)cc2)cc1. The summed E-state index contributed by atoms with van der Waals surface area (Å²) in [4.78, 5) is 27.6. The summed E-state index contributed by atoms with van der Waals surface area (Å²) >= 11 is 2.83. The number of halogens is 1. The Morgan fingerprint density at radius 2 is 1.80 bits per heavy atom. The zero-order valence-corrected chi connectivity index (χ0v) is 26.9. The van der Waals surface area contributed by atoms with Gasteiger partial charge in [0, 0.05) is 12.1 Å². The number of aromatic nitrogens is 3. The minimum atomic E-state index is -0.613. The molecule has 0 fully saturated rings. The van der Waals surface area contributed by atoms with Crippen LogP contribution in [0.25, 0.3) is 5.69 Å². The number of benzene rings is 3. The molecule has 0 radical (unpaired) electrons. The van der Waals surface area contributed by atoms with Gasteiger partial charge in [0.1, 0.15) is 11.6 Å². The highest BCUT2D eigenvalue weighted by atomic mass is 32.2. The Morgan fingerprint density at radius 1 is 1.02 bits per heavy atom. The molecule has 0 saturated heterocycles. The van der Waals surface area contributed by atoms with Gasteiger partial charge in [-0.05, 0) is 67.3 Å². The second-order valence-electron chi connectivity index (χ2n) is 10.5. The molecule has 0 unspecified atom stereocenters. The van der Waals surface area contributed by atoms with Crippen molar-refractivity contribution in [2.24, 2.45) is 5.10 Å².